The predicted octanol–water partition coefficient (Wildman–Crippen LogP) is 1.35. The molecule has 0 aliphatic heterocycles. The van der Waals surface area contributed by atoms with Gasteiger partial charge in [0.25, 0.3) is 0 Å². The highest BCUT2D eigenvalue weighted by Gasteiger charge is 2.18. The van der Waals surface area contributed by atoms with Crippen LogP contribution >= 0.6 is 11.3 Å². The first-order valence-electron chi connectivity index (χ1n) is 6.56. The molecule has 2 heterocycles. The van der Waals surface area contributed by atoms with E-state index in [2.05, 4.69) is 15.4 Å². The van der Waals surface area contributed by atoms with Gasteiger partial charge in [-0.1, -0.05) is 6.92 Å². The van der Waals surface area contributed by atoms with Crippen LogP contribution in [0.25, 0.3) is 0 Å². The molecule has 2 aromatic heterocycles. The quantitative estimate of drug-likeness (QED) is 0.804. The molecule has 8 heteroatoms. The number of thiazole rings is 1. The van der Waals surface area contributed by atoms with Gasteiger partial charge in [0.2, 0.25) is 5.91 Å². The van der Waals surface area contributed by atoms with Crippen LogP contribution in [0, 0.1) is 0 Å². The minimum absolute atomic E-state index is 0.0457. The normalized spacial score (nSPS) is 12.0. The SMILES string of the molecule is CC[C@@H](C(=O)NCCc1nc(C(=O)O)cs1)n1cccn1. The van der Waals surface area contributed by atoms with Gasteiger partial charge in [0.1, 0.15) is 6.04 Å². The summed E-state index contributed by atoms with van der Waals surface area (Å²) in [7, 11) is 0. The molecule has 0 radical (unpaired) electrons. The number of rotatable bonds is 7. The summed E-state index contributed by atoms with van der Waals surface area (Å²) in [5, 5.41) is 17.9. The smallest absolute Gasteiger partial charge is 0.355 e. The summed E-state index contributed by atoms with van der Waals surface area (Å²) < 4.78 is 1.63. The summed E-state index contributed by atoms with van der Waals surface area (Å²) in [6, 6.07) is 1.45. The molecular formula is C13H16N4O3S. The van der Waals surface area contributed by atoms with Gasteiger partial charge in [0.15, 0.2) is 5.69 Å². The number of aromatic carboxylic acids is 1. The molecule has 2 aromatic rings. The molecule has 0 unspecified atom stereocenters. The number of hydrogen-bond donors (Lipinski definition) is 2. The second-order valence-electron chi connectivity index (χ2n) is 4.38. The van der Waals surface area contributed by atoms with Crippen LogP contribution in [0.15, 0.2) is 23.8 Å². The third-order valence-electron chi connectivity index (χ3n) is 2.94. The fourth-order valence-electron chi connectivity index (χ4n) is 1.89. The minimum Gasteiger partial charge on any atom is -0.476 e. The molecule has 0 aromatic carbocycles. The number of carboxylic acids is 1. The Balaban J connectivity index is 1.84. The summed E-state index contributed by atoms with van der Waals surface area (Å²) in [4.78, 5) is 26.8. The lowest BCUT2D eigenvalue weighted by molar-refractivity contribution is -0.124. The third-order valence-corrected chi connectivity index (χ3v) is 3.85. The largest absolute Gasteiger partial charge is 0.476 e. The number of nitrogens with one attached hydrogen (secondary N) is 1. The number of aromatic nitrogens is 3. The summed E-state index contributed by atoms with van der Waals surface area (Å²) in [6.45, 7) is 2.34. The van der Waals surface area contributed by atoms with Gasteiger partial charge in [-0.05, 0) is 12.5 Å². The first kappa shape index (κ1) is 15.2. The summed E-state index contributed by atoms with van der Waals surface area (Å²) in [5.74, 6) is -1.14. The van der Waals surface area contributed by atoms with Gasteiger partial charge in [-0.2, -0.15) is 5.10 Å². The molecule has 21 heavy (non-hydrogen) atoms. The minimum atomic E-state index is -1.04. The Bertz CT molecular complexity index is 609. The zero-order valence-electron chi connectivity index (χ0n) is 11.5. The molecule has 0 spiro atoms. The Hall–Kier alpha value is -2.22. The average molecular weight is 308 g/mol. The van der Waals surface area contributed by atoms with Crippen molar-refractivity contribution in [2.24, 2.45) is 0 Å². The van der Waals surface area contributed by atoms with E-state index in [-0.39, 0.29) is 17.6 Å². The zero-order valence-corrected chi connectivity index (χ0v) is 12.3. The summed E-state index contributed by atoms with van der Waals surface area (Å²) >= 11 is 1.28. The van der Waals surface area contributed by atoms with Crippen LogP contribution in [-0.2, 0) is 11.2 Å². The number of carboxylic acid groups (broad SMARTS) is 1. The number of carbonyl (C=O) groups is 2. The lowest BCUT2D eigenvalue weighted by Crippen LogP contribution is -2.33. The van der Waals surface area contributed by atoms with Crippen LogP contribution in [0.5, 0.6) is 0 Å². The van der Waals surface area contributed by atoms with Crippen LogP contribution in [0.2, 0.25) is 0 Å². The van der Waals surface area contributed by atoms with Crippen molar-refractivity contribution in [1.82, 2.24) is 20.1 Å². The van der Waals surface area contributed by atoms with E-state index in [0.717, 1.165) is 0 Å². The van der Waals surface area contributed by atoms with E-state index in [1.54, 1.807) is 23.1 Å². The fourth-order valence-corrected chi connectivity index (χ4v) is 2.66. The standard InChI is InChI=1S/C13H16N4O3S/c1-2-10(17-7-3-5-15-17)12(18)14-6-4-11-16-9(8-21-11)13(19)20/h3,5,7-8,10H,2,4,6H2,1H3,(H,14,18)(H,19,20)/t10-/m0/s1. The lowest BCUT2D eigenvalue weighted by Gasteiger charge is -2.15. The Morgan fingerprint density at radius 1 is 1.52 bits per heavy atom. The van der Waals surface area contributed by atoms with E-state index in [1.807, 2.05) is 6.92 Å². The second kappa shape index (κ2) is 6.98. The highest BCUT2D eigenvalue weighted by Crippen LogP contribution is 2.11. The molecule has 0 bridgehead atoms. The van der Waals surface area contributed by atoms with Gasteiger partial charge in [0.05, 0.1) is 5.01 Å². The van der Waals surface area contributed by atoms with Crippen LogP contribution in [-0.4, -0.2) is 38.3 Å². The monoisotopic (exact) mass is 308 g/mol. The van der Waals surface area contributed by atoms with Crippen LogP contribution < -0.4 is 5.32 Å². The van der Waals surface area contributed by atoms with E-state index in [9.17, 15) is 9.59 Å². The topological polar surface area (TPSA) is 97.1 Å². The molecule has 1 atom stereocenters. The van der Waals surface area contributed by atoms with Crippen molar-refractivity contribution in [2.75, 3.05) is 6.54 Å². The Morgan fingerprint density at radius 2 is 2.33 bits per heavy atom. The van der Waals surface area contributed by atoms with Gasteiger partial charge in [-0.25, -0.2) is 9.78 Å². The third kappa shape index (κ3) is 3.88. The van der Waals surface area contributed by atoms with Crippen molar-refractivity contribution in [3.63, 3.8) is 0 Å². The molecule has 2 N–H and O–H groups in total. The fraction of sp³-hybridized carbons (Fsp3) is 0.385. The van der Waals surface area contributed by atoms with Crippen molar-refractivity contribution in [3.8, 4) is 0 Å². The maximum Gasteiger partial charge on any atom is 0.355 e. The molecule has 7 nitrogen and oxygen atoms in total. The highest BCUT2D eigenvalue weighted by molar-refractivity contribution is 7.09. The van der Waals surface area contributed by atoms with Crippen molar-refractivity contribution < 1.29 is 14.7 Å². The molecule has 0 saturated carbocycles. The number of amides is 1. The Morgan fingerprint density at radius 3 is 2.90 bits per heavy atom. The van der Waals surface area contributed by atoms with Crippen molar-refractivity contribution in [2.45, 2.75) is 25.8 Å². The summed E-state index contributed by atoms with van der Waals surface area (Å²) in [6.07, 6.45) is 4.56. The predicted molar refractivity (Wildman–Crippen MR) is 77.3 cm³/mol. The first-order valence-corrected chi connectivity index (χ1v) is 7.44. The maximum absolute atomic E-state index is 12.1. The molecule has 2 rings (SSSR count). The molecule has 0 aliphatic carbocycles. The number of hydrogen-bond acceptors (Lipinski definition) is 5. The van der Waals surface area contributed by atoms with E-state index >= 15 is 0 Å². The number of carbonyl (C=O) groups excluding carboxylic acids is 1. The van der Waals surface area contributed by atoms with E-state index in [1.165, 1.54) is 16.7 Å². The van der Waals surface area contributed by atoms with Gasteiger partial charge < -0.3 is 10.4 Å². The van der Waals surface area contributed by atoms with Gasteiger partial charge in [0, 0.05) is 30.7 Å². The molecule has 112 valence electrons. The molecular weight excluding hydrogens is 292 g/mol. The van der Waals surface area contributed by atoms with Crippen molar-refractivity contribution in [1.29, 1.82) is 0 Å². The van der Waals surface area contributed by atoms with Crippen LogP contribution in [0.1, 0.15) is 34.9 Å². The van der Waals surface area contributed by atoms with Crippen molar-refractivity contribution in [3.05, 3.63) is 34.5 Å². The number of nitrogens with zero attached hydrogens (tertiary/aromatic N) is 3. The first-order chi connectivity index (χ1) is 10.1. The van der Waals surface area contributed by atoms with Crippen LogP contribution in [0.4, 0.5) is 0 Å². The molecule has 0 fully saturated rings. The van der Waals surface area contributed by atoms with Gasteiger partial charge in [-0.3, -0.25) is 9.48 Å². The van der Waals surface area contributed by atoms with E-state index in [0.29, 0.717) is 24.4 Å². The van der Waals surface area contributed by atoms with E-state index in [4.69, 9.17) is 5.11 Å². The summed E-state index contributed by atoms with van der Waals surface area (Å²) in [5.41, 5.74) is 0.0457. The molecule has 1 amide bonds. The van der Waals surface area contributed by atoms with Gasteiger partial charge in [-0.15, -0.1) is 11.3 Å². The molecule has 0 aliphatic rings. The average Bonchev–Trinajstić information content (AvgIpc) is 3.10. The van der Waals surface area contributed by atoms with Crippen molar-refractivity contribution >= 4 is 23.2 Å². The van der Waals surface area contributed by atoms with Gasteiger partial charge >= 0.3 is 5.97 Å². The maximum atomic E-state index is 12.1. The second-order valence-corrected chi connectivity index (χ2v) is 5.33. The Kier molecular flexibility index (Phi) is 5.04. The molecule has 0 saturated heterocycles. The lowest BCUT2D eigenvalue weighted by atomic mass is 10.2. The van der Waals surface area contributed by atoms with E-state index < -0.39 is 5.97 Å². The zero-order chi connectivity index (χ0) is 15.2. The van der Waals surface area contributed by atoms with Crippen LogP contribution in [0.3, 0.4) is 0 Å². The Labute approximate surface area is 125 Å². The highest BCUT2D eigenvalue weighted by atomic mass is 32.1.